The Balaban J connectivity index is 2.44. The van der Waals surface area contributed by atoms with Crippen LogP contribution in [-0.2, 0) is 6.54 Å². The standard InChI is InChI=1S/C17H15FN2O2/c1-11(2)15-8-5-13(9-19)17(22)20(15)10-16(21)12-3-6-14(18)7-4-12/h3-8,11H,10H2,1-2H3. The summed E-state index contributed by atoms with van der Waals surface area (Å²) in [5, 5.41) is 8.96. The molecule has 0 unspecified atom stereocenters. The van der Waals surface area contributed by atoms with Gasteiger partial charge in [-0.3, -0.25) is 9.59 Å². The van der Waals surface area contributed by atoms with Crippen LogP contribution in [0.3, 0.4) is 0 Å². The van der Waals surface area contributed by atoms with E-state index < -0.39 is 11.4 Å². The van der Waals surface area contributed by atoms with Gasteiger partial charge >= 0.3 is 0 Å². The maximum Gasteiger partial charge on any atom is 0.269 e. The van der Waals surface area contributed by atoms with Crippen molar-refractivity contribution in [2.75, 3.05) is 0 Å². The van der Waals surface area contributed by atoms with Crippen LogP contribution in [0.2, 0.25) is 0 Å². The molecule has 0 saturated carbocycles. The fourth-order valence-electron chi connectivity index (χ4n) is 2.22. The lowest BCUT2D eigenvalue weighted by atomic mass is 10.1. The second kappa shape index (κ2) is 6.35. The summed E-state index contributed by atoms with van der Waals surface area (Å²) in [7, 11) is 0. The maximum atomic E-state index is 12.9. The smallest absolute Gasteiger partial charge is 0.269 e. The normalized spacial score (nSPS) is 10.5. The zero-order chi connectivity index (χ0) is 16.3. The highest BCUT2D eigenvalue weighted by atomic mass is 19.1. The molecular weight excluding hydrogens is 283 g/mol. The Bertz CT molecular complexity index is 799. The molecule has 22 heavy (non-hydrogen) atoms. The summed E-state index contributed by atoms with van der Waals surface area (Å²) >= 11 is 0. The number of Topliss-reactive ketones (excluding diaryl/α,β-unsaturated/α-hetero) is 1. The summed E-state index contributed by atoms with van der Waals surface area (Å²) in [5.74, 6) is -0.705. The number of nitrogens with zero attached hydrogens (tertiary/aromatic N) is 2. The summed E-state index contributed by atoms with van der Waals surface area (Å²) < 4.78 is 14.2. The number of carbonyl (C=O) groups is 1. The summed E-state index contributed by atoms with van der Waals surface area (Å²) in [6, 6.07) is 10.1. The van der Waals surface area contributed by atoms with Crippen molar-refractivity contribution in [1.29, 1.82) is 5.26 Å². The second-order valence-electron chi connectivity index (χ2n) is 5.26. The van der Waals surface area contributed by atoms with Gasteiger partial charge in [0, 0.05) is 11.3 Å². The van der Waals surface area contributed by atoms with Crippen LogP contribution in [-0.4, -0.2) is 10.4 Å². The van der Waals surface area contributed by atoms with Gasteiger partial charge < -0.3 is 4.57 Å². The molecule has 0 bridgehead atoms. The first-order chi connectivity index (χ1) is 10.4. The third kappa shape index (κ3) is 3.12. The van der Waals surface area contributed by atoms with Gasteiger partial charge in [-0.15, -0.1) is 0 Å². The maximum absolute atomic E-state index is 12.9. The van der Waals surface area contributed by atoms with Gasteiger partial charge in [0.15, 0.2) is 5.78 Å². The lowest BCUT2D eigenvalue weighted by Crippen LogP contribution is -2.29. The van der Waals surface area contributed by atoms with Gasteiger partial charge in [0.05, 0.1) is 6.54 Å². The number of hydrogen-bond donors (Lipinski definition) is 0. The molecule has 0 spiro atoms. The number of nitriles is 1. The molecule has 5 heteroatoms. The average Bonchev–Trinajstić information content (AvgIpc) is 2.49. The molecule has 0 amide bonds. The second-order valence-corrected chi connectivity index (χ2v) is 5.26. The first-order valence-electron chi connectivity index (χ1n) is 6.86. The minimum atomic E-state index is -0.482. The van der Waals surface area contributed by atoms with E-state index in [1.807, 2.05) is 19.9 Å². The van der Waals surface area contributed by atoms with E-state index in [1.54, 1.807) is 6.07 Å². The van der Waals surface area contributed by atoms with Crippen LogP contribution in [0, 0.1) is 17.1 Å². The number of pyridine rings is 1. The highest BCUT2D eigenvalue weighted by Crippen LogP contribution is 2.14. The molecule has 2 aromatic rings. The highest BCUT2D eigenvalue weighted by molar-refractivity contribution is 5.95. The predicted octanol–water partition coefficient (Wildman–Crippen LogP) is 2.87. The van der Waals surface area contributed by atoms with Crippen molar-refractivity contribution in [3.05, 3.63) is 69.4 Å². The Hall–Kier alpha value is -2.74. The van der Waals surface area contributed by atoms with Gasteiger partial charge in [0.1, 0.15) is 17.4 Å². The number of aromatic nitrogens is 1. The van der Waals surface area contributed by atoms with E-state index in [0.29, 0.717) is 11.3 Å². The first kappa shape index (κ1) is 15.6. The van der Waals surface area contributed by atoms with Crippen LogP contribution in [0.1, 0.15) is 41.4 Å². The Labute approximate surface area is 127 Å². The van der Waals surface area contributed by atoms with Gasteiger partial charge in [-0.1, -0.05) is 13.8 Å². The van der Waals surface area contributed by atoms with Crippen molar-refractivity contribution in [3.63, 3.8) is 0 Å². The molecule has 4 nitrogen and oxygen atoms in total. The van der Waals surface area contributed by atoms with Crippen LogP contribution < -0.4 is 5.56 Å². The Morgan fingerprint density at radius 2 is 1.86 bits per heavy atom. The predicted molar refractivity (Wildman–Crippen MR) is 80.2 cm³/mol. The number of rotatable bonds is 4. The topological polar surface area (TPSA) is 62.9 Å². The van der Waals surface area contributed by atoms with E-state index in [4.69, 9.17) is 5.26 Å². The van der Waals surface area contributed by atoms with E-state index >= 15 is 0 Å². The minimum absolute atomic E-state index is 0.00342. The van der Waals surface area contributed by atoms with Crippen molar-refractivity contribution in [1.82, 2.24) is 4.57 Å². The molecule has 0 atom stereocenters. The molecule has 0 saturated heterocycles. The van der Waals surface area contributed by atoms with Gasteiger partial charge in [-0.05, 0) is 42.3 Å². The Morgan fingerprint density at radius 3 is 2.41 bits per heavy atom. The van der Waals surface area contributed by atoms with Gasteiger partial charge in [0.2, 0.25) is 0 Å². The van der Waals surface area contributed by atoms with Gasteiger partial charge in [-0.25, -0.2) is 4.39 Å². The van der Waals surface area contributed by atoms with Crippen molar-refractivity contribution >= 4 is 5.78 Å². The molecule has 2 rings (SSSR count). The largest absolute Gasteiger partial charge is 0.303 e. The molecule has 0 aliphatic rings. The molecule has 112 valence electrons. The summed E-state index contributed by atoms with van der Waals surface area (Å²) in [6.07, 6.45) is 0. The van der Waals surface area contributed by atoms with Crippen LogP contribution in [0.4, 0.5) is 4.39 Å². The number of carbonyl (C=O) groups excluding carboxylic acids is 1. The molecule has 0 aliphatic carbocycles. The van der Waals surface area contributed by atoms with E-state index in [1.165, 1.54) is 34.9 Å². The van der Waals surface area contributed by atoms with Crippen LogP contribution in [0.5, 0.6) is 0 Å². The third-order valence-corrected chi connectivity index (χ3v) is 3.39. The Kier molecular flexibility index (Phi) is 4.52. The van der Waals surface area contributed by atoms with Crippen molar-refractivity contribution in [2.24, 2.45) is 0 Å². The molecule has 0 fully saturated rings. The minimum Gasteiger partial charge on any atom is -0.303 e. The van der Waals surface area contributed by atoms with Crippen LogP contribution in [0.15, 0.2) is 41.2 Å². The third-order valence-electron chi connectivity index (χ3n) is 3.39. The zero-order valence-electron chi connectivity index (χ0n) is 12.3. The fraction of sp³-hybridized carbons (Fsp3) is 0.235. The SMILES string of the molecule is CC(C)c1ccc(C#N)c(=O)n1CC(=O)c1ccc(F)cc1. The number of halogens is 1. The van der Waals surface area contributed by atoms with E-state index in [2.05, 4.69) is 0 Å². The molecular formula is C17H15FN2O2. The van der Waals surface area contributed by atoms with Crippen LogP contribution >= 0.6 is 0 Å². The van der Waals surface area contributed by atoms with Crippen molar-refractivity contribution in [2.45, 2.75) is 26.3 Å². The lowest BCUT2D eigenvalue weighted by Gasteiger charge is -2.15. The molecule has 1 aromatic carbocycles. The first-order valence-corrected chi connectivity index (χ1v) is 6.86. The average molecular weight is 298 g/mol. The van der Waals surface area contributed by atoms with Crippen molar-refractivity contribution in [3.8, 4) is 6.07 Å². The lowest BCUT2D eigenvalue weighted by molar-refractivity contribution is 0.0969. The Morgan fingerprint density at radius 1 is 1.23 bits per heavy atom. The number of ketones is 1. The molecule has 0 N–H and O–H groups in total. The zero-order valence-corrected chi connectivity index (χ0v) is 12.3. The highest BCUT2D eigenvalue weighted by Gasteiger charge is 2.15. The van der Waals surface area contributed by atoms with E-state index in [-0.39, 0.29) is 23.8 Å². The molecule has 1 aromatic heterocycles. The van der Waals surface area contributed by atoms with Crippen LogP contribution in [0.25, 0.3) is 0 Å². The molecule has 1 heterocycles. The quantitative estimate of drug-likeness (QED) is 0.815. The molecule has 0 aliphatic heterocycles. The molecule has 0 radical (unpaired) electrons. The number of hydrogen-bond acceptors (Lipinski definition) is 3. The fourth-order valence-corrected chi connectivity index (χ4v) is 2.22. The van der Waals surface area contributed by atoms with Gasteiger partial charge in [0.25, 0.3) is 5.56 Å². The number of benzene rings is 1. The van der Waals surface area contributed by atoms with E-state index in [0.717, 1.165) is 0 Å². The summed E-state index contributed by atoms with van der Waals surface area (Å²) in [5.41, 5.74) is 0.519. The van der Waals surface area contributed by atoms with Gasteiger partial charge in [-0.2, -0.15) is 5.26 Å². The van der Waals surface area contributed by atoms with E-state index in [9.17, 15) is 14.0 Å². The monoisotopic (exact) mass is 298 g/mol. The summed E-state index contributed by atoms with van der Waals surface area (Å²) in [6.45, 7) is 3.63. The summed E-state index contributed by atoms with van der Waals surface area (Å²) in [4.78, 5) is 24.6. The van der Waals surface area contributed by atoms with Crippen molar-refractivity contribution < 1.29 is 9.18 Å².